The number of rotatable bonds is 6. The minimum atomic E-state index is 0.523. The second-order valence-electron chi connectivity index (χ2n) is 5.45. The lowest BCUT2D eigenvalue weighted by Gasteiger charge is -2.09. The molecule has 1 heterocycles. The lowest BCUT2D eigenvalue weighted by Crippen LogP contribution is -2.13. The number of benzene rings is 2. The summed E-state index contributed by atoms with van der Waals surface area (Å²) >= 11 is 6.30. The van der Waals surface area contributed by atoms with E-state index in [1.807, 2.05) is 48.5 Å². The topological polar surface area (TPSA) is 43.4 Å². The van der Waals surface area contributed by atoms with Gasteiger partial charge in [-0.3, -0.25) is 0 Å². The molecule has 124 valence electrons. The first kappa shape index (κ1) is 16.6. The second-order valence-corrected chi connectivity index (χ2v) is 5.81. The molecule has 0 aliphatic rings. The van der Waals surface area contributed by atoms with Crippen LogP contribution in [0.1, 0.15) is 11.1 Å². The maximum atomic E-state index is 6.30. The van der Waals surface area contributed by atoms with Crippen LogP contribution in [0.2, 0.25) is 5.15 Å². The molecule has 3 rings (SSSR count). The molecule has 0 atom stereocenters. The van der Waals surface area contributed by atoms with Crippen LogP contribution in [0.25, 0.3) is 10.9 Å². The number of pyridine rings is 1. The van der Waals surface area contributed by atoms with Gasteiger partial charge in [-0.1, -0.05) is 23.7 Å². The second kappa shape index (κ2) is 7.51. The van der Waals surface area contributed by atoms with Gasteiger partial charge in [0.25, 0.3) is 0 Å². The highest BCUT2D eigenvalue weighted by atomic mass is 35.5. The first-order chi connectivity index (χ1) is 11.7. The Labute approximate surface area is 146 Å². The average Bonchev–Trinajstić information content (AvgIpc) is 2.62. The van der Waals surface area contributed by atoms with Crippen LogP contribution in [0.5, 0.6) is 11.5 Å². The molecule has 3 aromatic rings. The van der Waals surface area contributed by atoms with Gasteiger partial charge in [0.05, 0.1) is 19.7 Å². The number of fused-ring (bicyclic) bond motifs is 1. The molecule has 0 saturated heterocycles. The molecule has 4 nitrogen and oxygen atoms in total. The molecule has 0 radical (unpaired) electrons. The Bertz CT molecular complexity index is 835. The van der Waals surface area contributed by atoms with Crippen molar-refractivity contribution in [3.63, 3.8) is 0 Å². The molecule has 24 heavy (non-hydrogen) atoms. The van der Waals surface area contributed by atoms with E-state index in [0.717, 1.165) is 34.5 Å². The normalized spacial score (nSPS) is 10.8. The molecule has 0 fully saturated rings. The maximum Gasteiger partial charge on any atom is 0.134 e. The monoisotopic (exact) mass is 342 g/mol. The number of nitrogens with zero attached hydrogens (tertiary/aromatic N) is 1. The van der Waals surface area contributed by atoms with Crippen molar-refractivity contribution < 1.29 is 9.47 Å². The highest BCUT2D eigenvalue weighted by Crippen LogP contribution is 2.24. The number of halogens is 1. The fourth-order valence-electron chi connectivity index (χ4n) is 2.51. The summed E-state index contributed by atoms with van der Waals surface area (Å²) in [5, 5.41) is 4.93. The predicted molar refractivity (Wildman–Crippen MR) is 96.8 cm³/mol. The standard InChI is InChI=1S/C19H19ClN2O2/c1-23-16-5-3-13(4-6-16)11-21-12-15-9-14-10-17(24-2)7-8-18(14)22-19(15)20/h3-10,21H,11-12H2,1-2H3. The molecule has 0 saturated carbocycles. The first-order valence-electron chi connectivity index (χ1n) is 7.66. The summed E-state index contributed by atoms with van der Waals surface area (Å²) in [4.78, 5) is 4.45. The summed E-state index contributed by atoms with van der Waals surface area (Å²) in [6.45, 7) is 1.39. The minimum Gasteiger partial charge on any atom is -0.497 e. The number of ether oxygens (including phenoxy) is 2. The average molecular weight is 343 g/mol. The van der Waals surface area contributed by atoms with E-state index < -0.39 is 0 Å². The van der Waals surface area contributed by atoms with E-state index in [0.29, 0.717) is 11.7 Å². The Hall–Kier alpha value is -2.30. The SMILES string of the molecule is COc1ccc(CNCc2cc3cc(OC)ccc3nc2Cl)cc1. The molecule has 1 aromatic heterocycles. The van der Waals surface area contributed by atoms with Gasteiger partial charge < -0.3 is 14.8 Å². The van der Waals surface area contributed by atoms with Crippen LogP contribution in [0.4, 0.5) is 0 Å². The van der Waals surface area contributed by atoms with E-state index >= 15 is 0 Å². The van der Waals surface area contributed by atoms with Gasteiger partial charge in [-0.15, -0.1) is 0 Å². The Balaban J connectivity index is 1.70. The van der Waals surface area contributed by atoms with Crippen LogP contribution in [0.15, 0.2) is 48.5 Å². The van der Waals surface area contributed by atoms with Crippen molar-refractivity contribution in [3.8, 4) is 11.5 Å². The van der Waals surface area contributed by atoms with Gasteiger partial charge in [-0.25, -0.2) is 4.98 Å². The maximum absolute atomic E-state index is 6.30. The van der Waals surface area contributed by atoms with Crippen molar-refractivity contribution >= 4 is 22.5 Å². The third-order valence-corrected chi connectivity index (χ3v) is 4.18. The van der Waals surface area contributed by atoms with E-state index in [2.05, 4.69) is 10.3 Å². The summed E-state index contributed by atoms with van der Waals surface area (Å²) in [5.41, 5.74) is 3.01. The predicted octanol–water partition coefficient (Wildman–Crippen LogP) is 4.20. The van der Waals surface area contributed by atoms with Crippen LogP contribution < -0.4 is 14.8 Å². The molecule has 0 unspecified atom stereocenters. The van der Waals surface area contributed by atoms with Gasteiger partial charge >= 0.3 is 0 Å². The Morgan fingerprint density at radius 3 is 2.33 bits per heavy atom. The molecule has 0 amide bonds. The summed E-state index contributed by atoms with van der Waals surface area (Å²) < 4.78 is 10.4. The van der Waals surface area contributed by atoms with Crippen LogP contribution in [-0.2, 0) is 13.1 Å². The number of nitrogens with one attached hydrogen (secondary N) is 1. The summed E-state index contributed by atoms with van der Waals surface area (Å²) in [6, 6.07) is 15.8. The smallest absolute Gasteiger partial charge is 0.134 e. The van der Waals surface area contributed by atoms with E-state index in [-0.39, 0.29) is 0 Å². The Morgan fingerprint density at radius 2 is 1.62 bits per heavy atom. The lowest BCUT2D eigenvalue weighted by atomic mass is 10.1. The summed E-state index contributed by atoms with van der Waals surface area (Å²) in [5.74, 6) is 1.67. The number of aromatic nitrogens is 1. The van der Waals surface area contributed by atoms with E-state index in [1.54, 1.807) is 14.2 Å². The van der Waals surface area contributed by atoms with Crippen molar-refractivity contribution in [2.24, 2.45) is 0 Å². The van der Waals surface area contributed by atoms with Crippen molar-refractivity contribution in [3.05, 3.63) is 64.8 Å². The minimum absolute atomic E-state index is 0.523. The quantitative estimate of drug-likeness (QED) is 0.682. The summed E-state index contributed by atoms with van der Waals surface area (Å²) in [6.07, 6.45) is 0. The molecule has 5 heteroatoms. The van der Waals surface area contributed by atoms with Crippen molar-refractivity contribution in [1.82, 2.24) is 10.3 Å². The fraction of sp³-hybridized carbons (Fsp3) is 0.211. The Morgan fingerprint density at radius 1 is 0.917 bits per heavy atom. The van der Waals surface area contributed by atoms with Crippen LogP contribution >= 0.6 is 11.6 Å². The fourth-order valence-corrected chi connectivity index (χ4v) is 2.72. The molecule has 1 N–H and O–H groups in total. The van der Waals surface area contributed by atoms with Crippen LogP contribution in [0.3, 0.4) is 0 Å². The van der Waals surface area contributed by atoms with Gasteiger partial charge in [0.1, 0.15) is 16.7 Å². The third kappa shape index (κ3) is 3.78. The number of methoxy groups -OCH3 is 2. The highest BCUT2D eigenvalue weighted by Gasteiger charge is 2.06. The molecule has 2 aromatic carbocycles. The molecular formula is C19H19ClN2O2. The van der Waals surface area contributed by atoms with Crippen LogP contribution in [0, 0.1) is 0 Å². The molecular weight excluding hydrogens is 324 g/mol. The summed E-state index contributed by atoms with van der Waals surface area (Å²) in [7, 11) is 3.32. The van der Waals surface area contributed by atoms with E-state index in [1.165, 1.54) is 5.56 Å². The van der Waals surface area contributed by atoms with Crippen molar-refractivity contribution in [2.75, 3.05) is 14.2 Å². The zero-order chi connectivity index (χ0) is 16.9. The zero-order valence-electron chi connectivity index (χ0n) is 13.7. The van der Waals surface area contributed by atoms with Gasteiger partial charge in [0.15, 0.2) is 0 Å². The van der Waals surface area contributed by atoms with E-state index in [9.17, 15) is 0 Å². The van der Waals surface area contributed by atoms with E-state index in [4.69, 9.17) is 21.1 Å². The number of hydrogen-bond acceptors (Lipinski definition) is 4. The van der Waals surface area contributed by atoms with Crippen LogP contribution in [-0.4, -0.2) is 19.2 Å². The van der Waals surface area contributed by atoms with Gasteiger partial charge in [-0.2, -0.15) is 0 Å². The largest absolute Gasteiger partial charge is 0.497 e. The Kier molecular flexibility index (Phi) is 5.18. The van der Waals surface area contributed by atoms with Gasteiger partial charge in [0, 0.05) is 24.0 Å². The zero-order valence-corrected chi connectivity index (χ0v) is 14.4. The molecule has 0 aliphatic heterocycles. The van der Waals surface area contributed by atoms with Crippen molar-refractivity contribution in [1.29, 1.82) is 0 Å². The molecule has 0 spiro atoms. The number of hydrogen-bond donors (Lipinski definition) is 1. The van der Waals surface area contributed by atoms with Gasteiger partial charge in [-0.05, 0) is 42.0 Å². The first-order valence-corrected chi connectivity index (χ1v) is 8.04. The molecule has 0 aliphatic carbocycles. The van der Waals surface area contributed by atoms with Crippen molar-refractivity contribution in [2.45, 2.75) is 13.1 Å². The molecule has 0 bridgehead atoms. The van der Waals surface area contributed by atoms with Gasteiger partial charge in [0.2, 0.25) is 0 Å². The third-order valence-electron chi connectivity index (χ3n) is 3.85. The highest BCUT2D eigenvalue weighted by molar-refractivity contribution is 6.30. The lowest BCUT2D eigenvalue weighted by molar-refractivity contribution is 0.414.